The maximum atomic E-state index is 12.7. The van der Waals surface area contributed by atoms with Crippen molar-refractivity contribution in [1.29, 1.82) is 0 Å². The molecule has 0 fully saturated rings. The van der Waals surface area contributed by atoms with Crippen molar-refractivity contribution in [1.82, 2.24) is 18.5 Å². The van der Waals surface area contributed by atoms with E-state index >= 15 is 0 Å². The fourth-order valence-corrected chi connectivity index (χ4v) is 7.58. The van der Waals surface area contributed by atoms with E-state index in [0.29, 0.717) is 42.9 Å². The van der Waals surface area contributed by atoms with Crippen LogP contribution in [0, 0.1) is 0 Å². The number of hydrogen-bond donors (Lipinski definition) is 4. The van der Waals surface area contributed by atoms with Gasteiger partial charge in [0.15, 0.2) is 0 Å². The first-order valence-corrected chi connectivity index (χ1v) is 19.9. The van der Waals surface area contributed by atoms with E-state index in [9.17, 15) is 18.5 Å². The van der Waals surface area contributed by atoms with Gasteiger partial charge in [-0.15, -0.1) is 0 Å². The highest BCUT2D eigenvalue weighted by molar-refractivity contribution is 9.10. The van der Waals surface area contributed by atoms with Crippen LogP contribution in [0.15, 0.2) is 155 Å². The van der Waals surface area contributed by atoms with Crippen LogP contribution in [-0.4, -0.2) is 52.5 Å². The molecule has 0 radical (unpaired) electrons. The second kappa shape index (κ2) is 19.0. The minimum atomic E-state index is -3.78. The van der Waals surface area contributed by atoms with Gasteiger partial charge < -0.3 is 26.1 Å². The minimum Gasteiger partial charge on any atom is -0.423 e. The lowest BCUT2D eigenvalue weighted by atomic mass is 9.80. The average molecular weight is 892 g/mol. The van der Waals surface area contributed by atoms with Crippen LogP contribution in [0.3, 0.4) is 0 Å². The molecule has 0 amide bonds. The van der Waals surface area contributed by atoms with Gasteiger partial charge in [-0.1, -0.05) is 96.0 Å². The molecule has 56 heavy (non-hydrogen) atoms. The summed E-state index contributed by atoms with van der Waals surface area (Å²) in [6.07, 6.45) is 3.31. The Morgan fingerprint density at radius 2 is 1.18 bits per heavy atom. The summed E-state index contributed by atoms with van der Waals surface area (Å²) in [7, 11) is -5.52. The number of nitrogen functional groups attached to an aromatic ring is 2. The molecule has 4 aromatic heterocycles. The highest BCUT2D eigenvalue weighted by Crippen LogP contribution is 2.35. The van der Waals surface area contributed by atoms with Crippen molar-refractivity contribution >= 4 is 107 Å². The quantitative estimate of drug-likeness (QED) is 0.104. The molecule has 4 heterocycles. The maximum absolute atomic E-state index is 12.7. The topological polar surface area (TPSA) is 196 Å². The lowest BCUT2D eigenvalue weighted by molar-refractivity contribution is 0.426. The molecule has 0 atom stereocenters. The van der Waals surface area contributed by atoms with Crippen molar-refractivity contribution in [3.8, 4) is 16.9 Å². The molecule has 0 aliphatic carbocycles. The zero-order valence-corrected chi connectivity index (χ0v) is 33.6. The predicted molar refractivity (Wildman–Crippen MR) is 227 cm³/mol. The lowest BCUT2D eigenvalue weighted by Crippen LogP contribution is -2.29. The van der Waals surface area contributed by atoms with Crippen LogP contribution in [0.2, 0.25) is 10.0 Å². The molecular formula is C38H30BBrCl2N6O6S2. The third-order valence-corrected chi connectivity index (χ3v) is 11.1. The van der Waals surface area contributed by atoms with E-state index in [0.717, 1.165) is 26.1 Å². The highest BCUT2D eigenvalue weighted by Gasteiger charge is 2.25. The molecule has 0 saturated heterocycles. The Balaban J connectivity index is 0.000000167. The van der Waals surface area contributed by atoms with Gasteiger partial charge in [-0.25, -0.2) is 22.4 Å². The molecule has 18 heteroatoms. The number of para-hydroxylation sites is 3. The van der Waals surface area contributed by atoms with E-state index in [4.69, 9.17) is 43.1 Å². The number of hydrogen-bond acceptors (Lipinski definition) is 10. The molecule has 6 N–H and O–H groups in total. The average Bonchev–Trinajstić information content (AvgIpc) is 3.79. The Hall–Kier alpha value is -5.33. The summed E-state index contributed by atoms with van der Waals surface area (Å²) in [6, 6.07) is 39.9. The molecule has 12 nitrogen and oxygen atoms in total. The van der Waals surface area contributed by atoms with Gasteiger partial charge in [0.25, 0.3) is 10.0 Å². The van der Waals surface area contributed by atoms with Crippen LogP contribution in [0.5, 0.6) is 0 Å². The fourth-order valence-electron chi connectivity index (χ4n) is 5.53. The van der Waals surface area contributed by atoms with E-state index < -0.39 is 28.7 Å². The van der Waals surface area contributed by atoms with Gasteiger partial charge in [-0.05, 0) is 76.6 Å². The third kappa shape index (κ3) is 9.72. The number of aromatic nitrogens is 4. The largest absolute Gasteiger partial charge is 0.490 e. The monoisotopic (exact) mass is 890 g/mol. The Morgan fingerprint density at radius 3 is 1.77 bits per heavy atom. The molecule has 0 bridgehead atoms. The molecule has 0 aliphatic rings. The molecule has 8 aromatic rings. The predicted octanol–water partition coefficient (Wildman–Crippen LogP) is 6.90. The molecule has 284 valence electrons. The summed E-state index contributed by atoms with van der Waals surface area (Å²) in [5.74, 6) is 0.923. The summed E-state index contributed by atoms with van der Waals surface area (Å²) >= 11 is 14.3. The first-order chi connectivity index (χ1) is 26.9. The van der Waals surface area contributed by atoms with Crippen molar-refractivity contribution in [2.75, 3.05) is 11.5 Å². The summed E-state index contributed by atoms with van der Waals surface area (Å²) in [6.45, 7) is 0. The van der Waals surface area contributed by atoms with Gasteiger partial charge in [-0.2, -0.15) is 8.42 Å². The fraction of sp³-hybridized carbons (Fsp3) is 0. The van der Waals surface area contributed by atoms with Gasteiger partial charge >= 0.3 is 18.7 Å². The number of nitrogens with zero attached hydrogens (tertiary/aromatic N) is 4. The molecule has 0 unspecified atom stereocenters. The van der Waals surface area contributed by atoms with Crippen LogP contribution in [0.1, 0.15) is 0 Å². The maximum Gasteiger partial charge on any atom is 0.490 e. The van der Waals surface area contributed by atoms with Crippen molar-refractivity contribution in [3.63, 3.8) is 0 Å². The number of rotatable bonds is 5. The van der Waals surface area contributed by atoms with Crippen LogP contribution in [-0.2, 0) is 21.6 Å². The van der Waals surface area contributed by atoms with E-state index in [1.54, 1.807) is 66.7 Å². The number of nitrogens with two attached hydrogens (primary N) is 2. The molecule has 0 spiro atoms. The number of anilines is 2. The Morgan fingerprint density at radius 1 is 0.661 bits per heavy atom. The van der Waals surface area contributed by atoms with E-state index in [-0.39, 0.29) is 10.4 Å². The number of fused-ring (bicyclic) bond motifs is 2. The SMILES string of the molecule is Nc1ccc(Cl)c(-c2cn(-c3ccccc3)c3ccccc23)n1.Nc1ccc(Cl)c(Br)n1.O=S(=O)(c1ccccc1)n1cc(B(O)O)c2ccccc21.O=S=O. The summed E-state index contributed by atoms with van der Waals surface area (Å²) in [5.41, 5.74) is 15.6. The van der Waals surface area contributed by atoms with Gasteiger partial charge in [0.2, 0.25) is 0 Å². The van der Waals surface area contributed by atoms with Crippen molar-refractivity contribution in [3.05, 3.63) is 161 Å². The van der Waals surface area contributed by atoms with Crippen LogP contribution >= 0.6 is 39.1 Å². The smallest absolute Gasteiger partial charge is 0.423 e. The first-order valence-electron chi connectivity index (χ1n) is 16.2. The number of halogens is 3. The van der Waals surface area contributed by atoms with Gasteiger partial charge in [0.05, 0.1) is 31.7 Å². The Kier molecular flexibility index (Phi) is 14.2. The molecule has 0 aliphatic heterocycles. The van der Waals surface area contributed by atoms with Gasteiger partial charge in [0, 0.05) is 39.9 Å². The van der Waals surface area contributed by atoms with E-state index in [1.807, 2.05) is 30.3 Å². The van der Waals surface area contributed by atoms with Crippen molar-refractivity contribution in [2.24, 2.45) is 0 Å². The summed E-state index contributed by atoms with van der Waals surface area (Å²) < 4.78 is 45.8. The van der Waals surface area contributed by atoms with Crippen molar-refractivity contribution in [2.45, 2.75) is 4.90 Å². The zero-order chi connectivity index (χ0) is 40.4. The number of benzene rings is 4. The summed E-state index contributed by atoms with van der Waals surface area (Å²) in [4.78, 5) is 8.41. The normalized spacial score (nSPS) is 10.7. The highest BCUT2D eigenvalue weighted by atomic mass is 79.9. The van der Waals surface area contributed by atoms with Crippen molar-refractivity contribution < 1.29 is 26.9 Å². The second-order valence-corrected chi connectivity index (χ2v) is 15.0. The third-order valence-electron chi connectivity index (χ3n) is 7.98. The van der Waals surface area contributed by atoms with Crippen LogP contribution in [0.4, 0.5) is 11.6 Å². The molecule has 8 rings (SSSR count). The minimum absolute atomic E-state index is 0.143. The molecule has 4 aromatic carbocycles. The Labute approximate surface area is 343 Å². The van der Waals surface area contributed by atoms with E-state index in [1.165, 1.54) is 18.3 Å². The molecule has 0 saturated carbocycles. The van der Waals surface area contributed by atoms with E-state index in [2.05, 4.69) is 60.9 Å². The standard InChI is InChI=1S/C19H14ClN3.C14H12BNO4S.C5H4BrClN2.O2S/c20-16-10-11-18(21)22-19(16)15-12-23(13-6-2-1-3-7-13)17-9-5-4-8-14(15)17;17-15(18)13-10-16(14-9-5-4-8-12(13)14)21(19,20)11-6-2-1-3-7-11;6-5-3(7)1-2-4(8)9-5;1-3-2/h1-12H,(H2,21,22);1-10,17-18H;1-2H,(H2,8,9);. The zero-order valence-electron chi connectivity index (χ0n) is 28.9. The lowest BCUT2D eigenvalue weighted by Gasteiger charge is -2.07. The second-order valence-electron chi connectivity index (χ2n) is 11.5. The molecular weight excluding hydrogens is 862 g/mol. The number of pyridine rings is 2. The first kappa shape index (κ1) is 41.8. The Bertz CT molecular complexity index is 2750. The van der Waals surface area contributed by atoms with Gasteiger partial charge in [-0.3, -0.25) is 0 Å². The summed E-state index contributed by atoms with van der Waals surface area (Å²) in [5, 5.41) is 21.6. The van der Waals surface area contributed by atoms with Gasteiger partial charge in [0.1, 0.15) is 16.2 Å². The van der Waals surface area contributed by atoms with Crippen LogP contribution < -0.4 is 16.9 Å². The van der Waals surface area contributed by atoms with Crippen LogP contribution in [0.25, 0.3) is 38.8 Å².